The lowest BCUT2D eigenvalue weighted by molar-refractivity contribution is 0.135. The summed E-state index contributed by atoms with van der Waals surface area (Å²) in [6, 6.07) is 6.68. The maximum Gasteiger partial charge on any atom is 0.409 e. The molecule has 0 unspecified atom stereocenters. The first kappa shape index (κ1) is 16.1. The molecule has 0 fully saturated rings. The summed E-state index contributed by atoms with van der Waals surface area (Å²) >= 11 is 5.80. The van der Waals surface area contributed by atoms with Crippen molar-refractivity contribution in [2.75, 3.05) is 13.2 Å². The highest BCUT2D eigenvalue weighted by molar-refractivity contribution is 6.30. The van der Waals surface area contributed by atoms with Gasteiger partial charge in [-0.1, -0.05) is 23.7 Å². The Kier molecular flexibility index (Phi) is 6.66. The highest BCUT2D eigenvalue weighted by atomic mass is 35.5. The third kappa shape index (κ3) is 5.36. The molecule has 2 N–H and O–H groups in total. The molecule has 0 saturated heterocycles. The average molecular weight is 301 g/mol. The second-order valence-corrected chi connectivity index (χ2v) is 4.15. The number of rotatable bonds is 5. The zero-order valence-electron chi connectivity index (χ0n) is 11.3. The van der Waals surface area contributed by atoms with Crippen molar-refractivity contribution < 1.29 is 19.1 Å². The van der Waals surface area contributed by atoms with E-state index in [1.54, 1.807) is 38.1 Å². The van der Waals surface area contributed by atoms with E-state index in [1.165, 1.54) is 0 Å². The Balaban J connectivity index is 2.80. The molecule has 0 aliphatic carbocycles. The molecular formula is C13H17ClN2O4. The van der Waals surface area contributed by atoms with E-state index in [0.717, 1.165) is 0 Å². The van der Waals surface area contributed by atoms with Crippen LogP contribution in [-0.4, -0.2) is 25.4 Å². The molecule has 110 valence electrons. The molecule has 0 spiro atoms. The summed E-state index contributed by atoms with van der Waals surface area (Å²) in [5.74, 6) is 0. The van der Waals surface area contributed by atoms with Crippen LogP contribution < -0.4 is 10.6 Å². The van der Waals surface area contributed by atoms with Crippen LogP contribution in [0.2, 0.25) is 5.02 Å². The van der Waals surface area contributed by atoms with E-state index >= 15 is 0 Å². The van der Waals surface area contributed by atoms with Gasteiger partial charge in [-0.2, -0.15) is 0 Å². The number of carbonyl (C=O) groups is 2. The van der Waals surface area contributed by atoms with Gasteiger partial charge in [-0.05, 0) is 31.5 Å². The van der Waals surface area contributed by atoms with Crippen LogP contribution in [-0.2, 0) is 9.47 Å². The van der Waals surface area contributed by atoms with Gasteiger partial charge in [-0.25, -0.2) is 9.59 Å². The van der Waals surface area contributed by atoms with E-state index in [1.807, 2.05) is 0 Å². The minimum absolute atomic E-state index is 0.235. The molecule has 1 rings (SSSR count). The second kappa shape index (κ2) is 8.27. The van der Waals surface area contributed by atoms with Gasteiger partial charge in [0.2, 0.25) is 0 Å². The van der Waals surface area contributed by atoms with Crippen molar-refractivity contribution in [1.29, 1.82) is 0 Å². The van der Waals surface area contributed by atoms with E-state index in [0.29, 0.717) is 10.6 Å². The number of halogens is 1. The lowest BCUT2D eigenvalue weighted by Gasteiger charge is -2.20. The highest BCUT2D eigenvalue weighted by Gasteiger charge is 2.18. The molecule has 0 aliphatic heterocycles. The zero-order chi connectivity index (χ0) is 15.0. The first-order chi connectivity index (χ1) is 9.56. The van der Waals surface area contributed by atoms with Gasteiger partial charge in [0.25, 0.3) is 0 Å². The third-order valence-electron chi connectivity index (χ3n) is 2.28. The van der Waals surface area contributed by atoms with Gasteiger partial charge >= 0.3 is 12.2 Å². The van der Waals surface area contributed by atoms with Gasteiger partial charge in [-0.15, -0.1) is 0 Å². The van der Waals surface area contributed by atoms with Crippen LogP contribution in [0.4, 0.5) is 9.59 Å². The lowest BCUT2D eigenvalue weighted by atomic mass is 10.2. The standard InChI is InChI=1S/C13H17ClN2O4/c1-3-19-12(17)15-11(16-13(18)20-4-2)9-5-7-10(14)8-6-9/h5-8,11H,3-4H2,1-2H3,(H,15,17)(H,16,18). The first-order valence-corrected chi connectivity index (χ1v) is 6.56. The number of alkyl carbamates (subject to hydrolysis) is 2. The van der Waals surface area contributed by atoms with Gasteiger partial charge < -0.3 is 9.47 Å². The zero-order valence-corrected chi connectivity index (χ0v) is 12.1. The summed E-state index contributed by atoms with van der Waals surface area (Å²) in [5.41, 5.74) is 0.649. The van der Waals surface area contributed by atoms with Crippen LogP contribution in [0, 0.1) is 0 Å². The summed E-state index contributed by atoms with van der Waals surface area (Å²) in [6.07, 6.45) is -2.03. The topological polar surface area (TPSA) is 76.7 Å². The molecule has 2 amide bonds. The van der Waals surface area contributed by atoms with E-state index in [-0.39, 0.29) is 13.2 Å². The molecule has 0 heterocycles. The number of benzene rings is 1. The molecule has 0 atom stereocenters. The van der Waals surface area contributed by atoms with Crippen molar-refractivity contribution in [3.8, 4) is 0 Å². The fourth-order valence-electron chi connectivity index (χ4n) is 1.44. The number of hydrogen-bond donors (Lipinski definition) is 2. The number of hydrogen-bond acceptors (Lipinski definition) is 4. The molecule has 0 aliphatic rings. The minimum Gasteiger partial charge on any atom is -0.450 e. The minimum atomic E-state index is -0.759. The summed E-state index contributed by atoms with van der Waals surface area (Å²) < 4.78 is 9.58. The smallest absolute Gasteiger partial charge is 0.409 e. The van der Waals surface area contributed by atoms with E-state index in [4.69, 9.17) is 21.1 Å². The molecule has 0 radical (unpaired) electrons. The van der Waals surface area contributed by atoms with Crippen LogP contribution >= 0.6 is 11.6 Å². The van der Waals surface area contributed by atoms with Crippen LogP contribution in [0.1, 0.15) is 25.6 Å². The van der Waals surface area contributed by atoms with Crippen LogP contribution in [0.15, 0.2) is 24.3 Å². The van der Waals surface area contributed by atoms with E-state index < -0.39 is 18.4 Å². The SMILES string of the molecule is CCOC(=O)NC(NC(=O)OCC)c1ccc(Cl)cc1. The summed E-state index contributed by atoms with van der Waals surface area (Å²) in [5, 5.41) is 5.61. The maximum absolute atomic E-state index is 11.5. The average Bonchev–Trinajstić information content (AvgIpc) is 2.39. The fraction of sp³-hybridized carbons (Fsp3) is 0.385. The Hall–Kier alpha value is -1.95. The van der Waals surface area contributed by atoms with Gasteiger partial charge in [0.05, 0.1) is 13.2 Å². The number of carbonyl (C=O) groups excluding carboxylic acids is 2. The molecule has 0 bridgehead atoms. The van der Waals surface area contributed by atoms with Gasteiger partial charge in [0.1, 0.15) is 6.17 Å². The van der Waals surface area contributed by atoms with Crippen LogP contribution in [0.5, 0.6) is 0 Å². The van der Waals surface area contributed by atoms with E-state index in [9.17, 15) is 9.59 Å². The largest absolute Gasteiger partial charge is 0.450 e. The Morgan fingerprint density at radius 3 is 1.90 bits per heavy atom. The van der Waals surface area contributed by atoms with Crippen molar-refractivity contribution in [2.45, 2.75) is 20.0 Å². The molecule has 6 nitrogen and oxygen atoms in total. The summed E-state index contributed by atoms with van der Waals surface area (Å²) in [6.45, 7) is 3.85. The molecule has 1 aromatic carbocycles. The quantitative estimate of drug-likeness (QED) is 0.820. The van der Waals surface area contributed by atoms with Crippen molar-refractivity contribution in [1.82, 2.24) is 10.6 Å². The van der Waals surface area contributed by atoms with Crippen molar-refractivity contribution >= 4 is 23.8 Å². The van der Waals surface area contributed by atoms with Crippen molar-refractivity contribution in [3.63, 3.8) is 0 Å². The predicted octanol–water partition coefficient (Wildman–Crippen LogP) is 2.83. The van der Waals surface area contributed by atoms with Gasteiger partial charge in [-0.3, -0.25) is 10.6 Å². The third-order valence-corrected chi connectivity index (χ3v) is 2.53. The molecule has 0 saturated carbocycles. The monoisotopic (exact) mass is 300 g/mol. The normalized spacial score (nSPS) is 10.0. The van der Waals surface area contributed by atoms with E-state index in [2.05, 4.69) is 10.6 Å². The van der Waals surface area contributed by atoms with Crippen LogP contribution in [0.3, 0.4) is 0 Å². The lowest BCUT2D eigenvalue weighted by Crippen LogP contribution is -2.41. The van der Waals surface area contributed by atoms with Crippen molar-refractivity contribution in [3.05, 3.63) is 34.9 Å². The van der Waals surface area contributed by atoms with Gasteiger partial charge in [0.15, 0.2) is 0 Å². The number of nitrogens with one attached hydrogen (secondary N) is 2. The highest BCUT2D eigenvalue weighted by Crippen LogP contribution is 2.15. The Bertz CT molecular complexity index is 430. The fourth-order valence-corrected chi connectivity index (χ4v) is 1.57. The molecule has 1 aromatic rings. The molecule has 20 heavy (non-hydrogen) atoms. The maximum atomic E-state index is 11.5. The van der Waals surface area contributed by atoms with Crippen LogP contribution in [0.25, 0.3) is 0 Å². The second-order valence-electron chi connectivity index (χ2n) is 3.71. The Morgan fingerprint density at radius 2 is 1.50 bits per heavy atom. The Morgan fingerprint density at radius 1 is 1.05 bits per heavy atom. The Labute approximate surface area is 122 Å². The number of amides is 2. The van der Waals surface area contributed by atoms with Crippen molar-refractivity contribution in [2.24, 2.45) is 0 Å². The molecule has 7 heteroatoms. The molecular weight excluding hydrogens is 284 g/mol. The number of ether oxygens (including phenoxy) is 2. The summed E-state index contributed by atoms with van der Waals surface area (Å²) in [7, 11) is 0. The van der Waals surface area contributed by atoms with Gasteiger partial charge in [0, 0.05) is 5.02 Å². The summed E-state index contributed by atoms with van der Waals surface area (Å²) in [4.78, 5) is 23.0. The predicted molar refractivity (Wildman–Crippen MR) is 74.5 cm³/mol. The first-order valence-electron chi connectivity index (χ1n) is 6.18. The molecule has 0 aromatic heterocycles.